The maximum atomic E-state index is 13.4. The molecule has 1 atom stereocenters. The predicted octanol–water partition coefficient (Wildman–Crippen LogP) is 5.39. The van der Waals surface area contributed by atoms with E-state index in [4.69, 9.17) is 21.1 Å². The Balaban J connectivity index is 1.22. The zero-order valence-electron chi connectivity index (χ0n) is 27.9. The van der Waals surface area contributed by atoms with Crippen LogP contribution in [-0.2, 0) is 31.2 Å². The average molecular weight is 758 g/mol. The number of ether oxygens (including phenoxy) is 2. The molecule has 1 aromatic heterocycles. The maximum absolute atomic E-state index is 13.4. The summed E-state index contributed by atoms with van der Waals surface area (Å²) >= 11 is 6.02. The number of anilines is 3. The van der Waals surface area contributed by atoms with Gasteiger partial charge in [0, 0.05) is 29.2 Å². The summed E-state index contributed by atoms with van der Waals surface area (Å²) < 4.78 is 61.8. The minimum absolute atomic E-state index is 0.0421. The molecule has 0 radical (unpaired) electrons. The van der Waals surface area contributed by atoms with Crippen LogP contribution in [0.1, 0.15) is 47.2 Å². The summed E-state index contributed by atoms with van der Waals surface area (Å²) in [4.78, 5) is 62.4. The number of alkyl halides is 3. The smallest absolute Gasteiger partial charge is 0.422 e. The number of carbonyl (C=O) groups excluding carboxylic acids is 4. The number of Topliss-reactive ketones (excluding diaryl/α,β-unsaturated/α-hetero) is 1. The first-order chi connectivity index (χ1) is 25.2. The Labute approximate surface area is 304 Å². The highest BCUT2D eigenvalue weighted by molar-refractivity contribution is 6.36. The number of rotatable bonds is 16. The Morgan fingerprint density at radius 1 is 0.943 bits per heavy atom. The predicted molar refractivity (Wildman–Crippen MR) is 183 cm³/mol. The summed E-state index contributed by atoms with van der Waals surface area (Å²) in [6.07, 6.45) is -3.90. The lowest BCUT2D eigenvalue weighted by molar-refractivity contribution is -0.154. The van der Waals surface area contributed by atoms with E-state index in [0.29, 0.717) is 29.1 Å². The second kappa shape index (κ2) is 16.7. The summed E-state index contributed by atoms with van der Waals surface area (Å²) in [6.45, 7) is -1.72. The van der Waals surface area contributed by atoms with Gasteiger partial charge in [-0.05, 0) is 78.9 Å². The van der Waals surface area contributed by atoms with Crippen LogP contribution in [-0.4, -0.2) is 64.5 Å². The average Bonchev–Trinajstić information content (AvgIpc) is 3.91. The Hall–Kier alpha value is -5.84. The first-order valence-electron chi connectivity index (χ1n) is 16.0. The van der Waals surface area contributed by atoms with Gasteiger partial charge in [0.15, 0.2) is 6.61 Å². The number of ketones is 1. The lowest BCUT2D eigenvalue weighted by atomic mass is 10.1. The zero-order chi connectivity index (χ0) is 38.2. The lowest BCUT2D eigenvalue weighted by Gasteiger charge is -2.19. The second-order valence-electron chi connectivity index (χ2n) is 11.9. The molecular weight excluding hydrogens is 726 g/mol. The van der Waals surface area contributed by atoms with Gasteiger partial charge in [0.25, 0.3) is 11.8 Å². The van der Waals surface area contributed by atoms with Crippen molar-refractivity contribution >= 4 is 52.8 Å². The van der Waals surface area contributed by atoms with Crippen LogP contribution in [0.4, 0.5) is 35.1 Å². The van der Waals surface area contributed by atoms with Crippen molar-refractivity contribution in [2.75, 3.05) is 24.4 Å². The number of nitrogens with one attached hydrogen (secondary N) is 4. The molecule has 5 rings (SSSR count). The number of hydrogen-bond donors (Lipinski definition) is 4. The molecule has 1 aliphatic carbocycles. The highest BCUT2D eigenvalue weighted by Crippen LogP contribution is 2.48. The molecule has 0 unspecified atom stereocenters. The van der Waals surface area contributed by atoms with Gasteiger partial charge in [0.05, 0.1) is 12.6 Å². The molecule has 4 aromatic rings. The summed E-state index contributed by atoms with van der Waals surface area (Å²) in [5.41, 5.74) is 1.19. The van der Waals surface area contributed by atoms with Crippen LogP contribution in [0.15, 0.2) is 72.8 Å². The van der Waals surface area contributed by atoms with Crippen LogP contribution in [0.2, 0.25) is 5.02 Å². The van der Waals surface area contributed by atoms with Gasteiger partial charge in [-0.25, -0.2) is 9.18 Å². The van der Waals surface area contributed by atoms with Gasteiger partial charge in [0.2, 0.25) is 17.7 Å². The number of benzene rings is 3. The van der Waals surface area contributed by atoms with Crippen molar-refractivity contribution in [3.63, 3.8) is 0 Å². The summed E-state index contributed by atoms with van der Waals surface area (Å²) in [5, 5.41) is 11.4. The van der Waals surface area contributed by atoms with Crippen LogP contribution in [0.5, 0.6) is 6.01 Å². The van der Waals surface area contributed by atoms with Crippen molar-refractivity contribution in [3.05, 3.63) is 100 Å². The SMILES string of the molecule is COC(=O)[C@H](CCC(=O)C(=O)NCc1cccc(F)c1)NC(=O)c1ccc(Nc2nc(NC3(c4ccc(Cl)cc4)CC3)nc(OCC(F)(F)F)n2)cc1. The summed E-state index contributed by atoms with van der Waals surface area (Å²) in [7, 11) is 1.10. The normalized spacial score (nSPS) is 13.6. The number of amides is 2. The van der Waals surface area contributed by atoms with Gasteiger partial charge in [-0.2, -0.15) is 28.1 Å². The van der Waals surface area contributed by atoms with E-state index in [1.165, 1.54) is 42.5 Å². The number of aromatic nitrogens is 3. The van der Waals surface area contributed by atoms with E-state index < -0.39 is 66.2 Å². The van der Waals surface area contributed by atoms with E-state index in [2.05, 4.69) is 36.2 Å². The van der Waals surface area contributed by atoms with Gasteiger partial charge in [-0.3, -0.25) is 14.4 Å². The Morgan fingerprint density at radius 2 is 1.64 bits per heavy atom. The zero-order valence-corrected chi connectivity index (χ0v) is 28.7. The van der Waals surface area contributed by atoms with Crippen molar-refractivity contribution < 1.29 is 46.2 Å². The molecule has 0 spiro atoms. The molecule has 0 bridgehead atoms. The van der Waals surface area contributed by atoms with Gasteiger partial charge >= 0.3 is 18.2 Å². The third kappa shape index (κ3) is 11.1. The third-order valence-electron chi connectivity index (χ3n) is 7.93. The summed E-state index contributed by atoms with van der Waals surface area (Å²) in [6, 6.07) is 16.4. The molecule has 13 nitrogen and oxygen atoms in total. The number of nitrogens with zero attached hydrogens (tertiary/aromatic N) is 3. The molecule has 53 heavy (non-hydrogen) atoms. The molecule has 278 valence electrons. The molecule has 2 amide bonds. The monoisotopic (exact) mass is 757 g/mol. The molecule has 0 aliphatic heterocycles. The standard InChI is InChI=1S/C35H32ClF4N7O6/c1-52-30(51)26(13-14-27(48)29(50)41-18-20-3-2-4-24(37)17-20)43-28(49)21-5-11-25(12-6-21)42-31-44-32(46-33(45-31)53-19-35(38,39)40)47-34(15-16-34)22-7-9-23(36)10-8-22/h2-12,17,26H,13-16,18-19H2,1H3,(H,41,50)(H,43,49)(H2,42,44,45,46,47)/t26-/m0/s1. The van der Waals surface area contributed by atoms with E-state index in [-0.39, 0.29) is 30.4 Å². The van der Waals surface area contributed by atoms with Gasteiger partial charge in [0.1, 0.15) is 11.9 Å². The molecule has 18 heteroatoms. The lowest BCUT2D eigenvalue weighted by Crippen LogP contribution is -2.42. The maximum Gasteiger partial charge on any atom is 0.422 e. The van der Waals surface area contributed by atoms with Crippen LogP contribution in [0.25, 0.3) is 0 Å². The number of halogens is 5. The van der Waals surface area contributed by atoms with Crippen molar-refractivity contribution in [3.8, 4) is 6.01 Å². The molecule has 1 fully saturated rings. The molecular formula is C35H32ClF4N7O6. The van der Waals surface area contributed by atoms with Crippen molar-refractivity contribution in [2.45, 2.75) is 50.0 Å². The second-order valence-corrected chi connectivity index (χ2v) is 12.3. The first kappa shape index (κ1) is 38.4. The van der Waals surface area contributed by atoms with E-state index in [1.807, 2.05) is 12.1 Å². The molecule has 1 aliphatic rings. The van der Waals surface area contributed by atoms with Crippen LogP contribution in [0, 0.1) is 5.82 Å². The minimum Gasteiger partial charge on any atom is -0.467 e. The number of hydrogen-bond acceptors (Lipinski definition) is 11. The van der Waals surface area contributed by atoms with Crippen LogP contribution >= 0.6 is 11.6 Å². The van der Waals surface area contributed by atoms with Crippen molar-refractivity contribution in [1.82, 2.24) is 25.6 Å². The Bertz CT molecular complexity index is 1960. The Morgan fingerprint density at radius 3 is 2.28 bits per heavy atom. The van der Waals surface area contributed by atoms with E-state index in [9.17, 15) is 36.7 Å². The molecule has 0 saturated heterocycles. The fourth-order valence-corrected chi connectivity index (χ4v) is 5.18. The van der Waals surface area contributed by atoms with Gasteiger partial charge in [-0.15, -0.1) is 0 Å². The molecule has 3 aromatic carbocycles. The minimum atomic E-state index is -4.65. The van der Waals surface area contributed by atoms with E-state index >= 15 is 0 Å². The highest BCUT2D eigenvalue weighted by Gasteiger charge is 2.45. The van der Waals surface area contributed by atoms with Crippen molar-refractivity contribution in [1.29, 1.82) is 0 Å². The van der Waals surface area contributed by atoms with Gasteiger partial charge in [-0.1, -0.05) is 35.9 Å². The number of methoxy groups -OCH3 is 1. The van der Waals surface area contributed by atoms with Crippen LogP contribution < -0.4 is 26.0 Å². The number of esters is 1. The quantitative estimate of drug-likeness (QED) is 0.0656. The molecule has 4 N–H and O–H groups in total. The highest BCUT2D eigenvalue weighted by atomic mass is 35.5. The fraction of sp³-hybridized carbons (Fsp3) is 0.286. The van der Waals surface area contributed by atoms with E-state index in [1.54, 1.807) is 18.2 Å². The van der Waals surface area contributed by atoms with Crippen LogP contribution in [0.3, 0.4) is 0 Å². The third-order valence-corrected chi connectivity index (χ3v) is 8.18. The topological polar surface area (TPSA) is 174 Å². The fourth-order valence-electron chi connectivity index (χ4n) is 5.06. The molecule has 1 heterocycles. The van der Waals surface area contributed by atoms with Gasteiger partial charge < -0.3 is 30.7 Å². The Kier molecular flexibility index (Phi) is 12.1. The number of carbonyl (C=O) groups is 4. The summed E-state index contributed by atoms with van der Waals surface area (Å²) in [5.74, 6) is -4.06. The largest absolute Gasteiger partial charge is 0.467 e. The first-order valence-corrected chi connectivity index (χ1v) is 16.4. The van der Waals surface area contributed by atoms with E-state index in [0.717, 1.165) is 12.7 Å². The van der Waals surface area contributed by atoms with Crippen molar-refractivity contribution in [2.24, 2.45) is 0 Å². The molecule has 1 saturated carbocycles.